The Balaban J connectivity index is 1.98. The van der Waals surface area contributed by atoms with Gasteiger partial charge in [-0.15, -0.1) is 0 Å². The van der Waals surface area contributed by atoms with E-state index in [1.54, 1.807) is 0 Å². The average molecular weight is 257 g/mol. The topological polar surface area (TPSA) is 39.1 Å². The summed E-state index contributed by atoms with van der Waals surface area (Å²) in [5.41, 5.74) is 3.83. The zero-order valence-corrected chi connectivity index (χ0v) is 12.2. The summed E-state index contributed by atoms with van der Waals surface area (Å²) < 4.78 is 0. The Labute approximate surface area is 116 Å². The van der Waals surface area contributed by atoms with Crippen molar-refractivity contribution in [1.29, 1.82) is 5.26 Å². The third-order valence-electron chi connectivity index (χ3n) is 3.69. The predicted octanol–water partition coefficient (Wildman–Crippen LogP) is 2.71. The van der Waals surface area contributed by atoms with E-state index >= 15 is 0 Å². The summed E-state index contributed by atoms with van der Waals surface area (Å²) in [6.07, 6.45) is 2.42. The summed E-state index contributed by atoms with van der Waals surface area (Å²) in [6, 6.07) is 9.03. The highest BCUT2D eigenvalue weighted by Gasteiger charge is 2.16. The molecule has 1 N–H and O–H groups in total. The van der Waals surface area contributed by atoms with Gasteiger partial charge in [0, 0.05) is 32.4 Å². The van der Waals surface area contributed by atoms with Crippen molar-refractivity contribution >= 4 is 5.69 Å². The molecule has 0 saturated heterocycles. The Bertz CT molecular complexity index is 485. The second kappa shape index (κ2) is 5.63. The second-order valence-corrected chi connectivity index (χ2v) is 6.09. The van der Waals surface area contributed by atoms with E-state index in [2.05, 4.69) is 41.5 Å². The molecule has 0 atom stereocenters. The van der Waals surface area contributed by atoms with Crippen LogP contribution >= 0.6 is 0 Å². The zero-order valence-electron chi connectivity index (χ0n) is 12.2. The van der Waals surface area contributed by atoms with Crippen LogP contribution in [0.3, 0.4) is 0 Å². The van der Waals surface area contributed by atoms with E-state index in [0.717, 1.165) is 19.6 Å². The molecule has 3 nitrogen and oxygen atoms in total. The Morgan fingerprint density at radius 1 is 1.42 bits per heavy atom. The van der Waals surface area contributed by atoms with Gasteiger partial charge in [-0.25, -0.2) is 0 Å². The largest absolute Gasteiger partial charge is 0.374 e. The van der Waals surface area contributed by atoms with Crippen LogP contribution in [0.15, 0.2) is 18.2 Å². The minimum Gasteiger partial charge on any atom is -0.374 e. The maximum atomic E-state index is 8.98. The molecule has 0 spiro atoms. The van der Waals surface area contributed by atoms with Gasteiger partial charge in [-0.05, 0) is 43.9 Å². The molecule has 102 valence electrons. The van der Waals surface area contributed by atoms with Crippen LogP contribution in [-0.4, -0.2) is 20.1 Å². The normalized spacial score (nSPS) is 14.9. The van der Waals surface area contributed by atoms with Crippen molar-refractivity contribution < 1.29 is 0 Å². The quantitative estimate of drug-likeness (QED) is 0.901. The summed E-state index contributed by atoms with van der Waals surface area (Å²) in [7, 11) is 2.16. The van der Waals surface area contributed by atoms with Crippen molar-refractivity contribution in [3.05, 3.63) is 29.3 Å². The fraction of sp³-hybridized carbons (Fsp3) is 0.562. The van der Waals surface area contributed by atoms with Crippen LogP contribution in [0.5, 0.6) is 0 Å². The Kier molecular flexibility index (Phi) is 4.11. The fourth-order valence-electron chi connectivity index (χ4n) is 2.51. The summed E-state index contributed by atoms with van der Waals surface area (Å²) in [6.45, 7) is 6.63. The number of benzene rings is 1. The van der Waals surface area contributed by atoms with Gasteiger partial charge >= 0.3 is 0 Å². The van der Waals surface area contributed by atoms with E-state index in [1.165, 1.54) is 29.7 Å². The number of hydrogen-bond donors (Lipinski definition) is 1. The first-order valence-electron chi connectivity index (χ1n) is 6.97. The van der Waals surface area contributed by atoms with Gasteiger partial charge in [0.1, 0.15) is 0 Å². The van der Waals surface area contributed by atoms with Gasteiger partial charge < -0.3 is 10.2 Å². The highest BCUT2D eigenvalue weighted by Crippen LogP contribution is 2.26. The van der Waals surface area contributed by atoms with Gasteiger partial charge in [0.15, 0.2) is 0 Å². The molecule has 0 radical (unpaired) electrons. The van der Waals surface area contributed by atoms with Crippen LogP contribution in [0.4, 0.5) is 5.69 Å². The van der Waals surface area contributed by atoms with Crippen LogP contribution < -0.4 is 10.2 Å². The molecule has 0 amide bonds. The predicted molar refractivity (Wildman–Crippen MR) is 79.1 cm³/mol. The van der Waals surface area contributed by atoms with Crippen LogP contribution in [-0.2, 0) is 13.0 Å². The molecule has 0 aliphatic carbocycles. The molecular formula is C16H23N3. The minimum atomic E-state index is -0.297. The van der Waals surface area contributed by atoms with E-state index in [4.69, 9.17) is 5.26 Å². The fourth-order valence-corrected chi connectivity index (χ4v) is 2.51. The molecule has 1 aliphatic rings. The molecule has 0 fully saturated rings. The molecule has 3 heteroatoms. The maximum Gasteiger partial charge on any atom is 0.0697 e. The van der Waals surface area contributed by atoms with Gasteiger partial charge in [-0.3, -0.25) is 0 Å². The Morgan fingerprint density at radius 2 is 2.21 bits per heavy atom. The summed E-state index contributed by atoms with van der Waals surface area (Å²) in [5.74, 6) is 0. The molecule has 2 rings (SSSR count). The number of fused-ring (bicyclic) bond motifs is 1. The lowest BCUT2D eigenvalue weighted by Crippen LogP contribution is -2.28. The van der Waals surface area contributed by atoms with Gasteiger partial charge in [0.05, 0.1) is 11.5 Å². The number of nitrogens with one attached hydrogen (secondary N) is 1. The van der Waals surface area contributed by atoms with Crippen molar-refractivity contribution in [2.75, 3.05) is 25.0 Å². The lowest BCUT2D eigenvalue weighted by atomic mass is 9.95. The van der Waals surface area contributed by atoms with E-state index in [1.807, 2.05) is 13.8 Å². The zero-order chi connectivity index (χ0) is 13.9. The van der Waals surface area contributed by atoms with E-state index in [0.29, 0.717) is 0 Å². The number of nitrogens with zero attached hydrogens (tertiary/aromatic N) is 2. The number of hydrogen-bond acceptors (Lipinski definition) is 3. The van der Waals surface area contributed by atoms with Gasteiger partial charge in [0.2, 0.25) is 0 Å². The summed E-state index contributed by atoms with van der Waals surface area (Å²) in [5, 5.41) is 12.4. The first-order valence-corrected chi connectivity index (χ1v) is 6.97. The highest BCUT2D eigenvalue weighted by atomic mass is 15.1. The van der Waals surface area contributed by atoms with Crippen LogP contribution in [0.25, 0.3) is 0 Å². The molecule has 0 saturated carbocycles. The van der Waals surface area contributed by atoms with Gasteiger partial charge in [-0.1, -0.05) is 12.1 Å². The Hall–Kier alpha value is -1.53. The monoisotopic (exact) mass is 257 g/mol. The molecule has 1 aromatic rings. The first-order chi connectivity index (χ1) is 9.02. The molecule has 0 aromatic heterocycles. The molecule has 19 heavy (non-hydrogen) atoms. The van der Waals surface area contributed by atoms with Crippen molar-refractivity contribution in [3.63, 3.8) is 0 Å². The molecule has 1 aliphatic heterocycles. The minimum absolute atomic E-state index is 0.297. The number of anilines is 1. The summed E-state index contributed by atoms with van der Waals surface area (Å²) >= 11 is 0. The summed E-state index contributed by atoms with van der Waals surface area (Å²) in [4.78, 5) is 2.33. The third kappa shape index (κ3) is 3.48. The van der Waals surface area contributed by atoms with Crippen molar-refractivity contribution in [1.82, 2.24) is 5.32 Å². The molecule has 1 heterocycles. The van der Waals surface area contributed by atoms with Gasteiger partial charge in [-0.2, -0.15) is 5.26 Å². The van der Waals surface area contributed by atoms with Crippen molar-refractivity contribution in [2.45, 2.75) is 33.2 Å². The van der Waals surface area contributed by atoms with E-state index in [-0.39, 0.29) is 5.41 Å². The smallest absolute Gasteiger partial charge is 0.0697 e. The first kappa shape index (κ1) is 13.9. The van der Waals surface area contributed by atoms with Crippen LogP contribution in [0.2, 0.25) is 0 Å². The molecular weight excluding hydrogens is 234 g/mol. The number of nitriles is 1. The molecule has 0 unspecified atom stereocenters. The highest BCUT2D eigenvalue weighted by molar-refractivity contribution is 5.56. The number of aryl methyl sites for hydroxylation is 1. The number of rotatable bonds is 4. The van der Waals surface area contributed by atoms with E-state index < -0.39 is 0 Å². The average Bonchev–Trinajstić information content (AvgIpc) is 2.39. The lowest BCUT2D eigenvalue weighted by molar-refractivity contribution is 0.445. The van der Waals surface area contributed by atoms with E-state index in [9.17, 15) is 0 Å². The van der Waals surface area contributed by atoms with Gasteiger partial charge in [0.25, 0.3) is 0 Å². The second-order valence-electron chi connectivity index (χ2n) is 6.09. The Morgan fingerprint density at radius 3 is 2.95 bits per heavy atom. The lowest BCUT2D eigenvalue weighted by Gasteiger charge is -2.28. The third-order valence-corrected chi connectivity index (χ3v) is 3.69. The van der Waals surface area contributed by atoms with Crippen LogP contribution in [0, 0.1) is 16.7 Å². The van der Waals surface area contributed by atoms with Crippen molar-refractivity contribution in [2.24, 2.45) is 5.41 Å². The molecule has 1 aromatic carbocycles. The maximum absolute atomic E-state index is 8.98. The SMILES string of the molecule is CN1CCCc2cc(CNCC(C)(C)C#N)ccc21. The molecule has 0 bridgehead atoms. The standard InChI is InChI=1S/C16H23N3/c1-16(2,11-17)12-18-10-13-6-7-15-14(9-13)5-4-8-19(15)3/h6-7,9,18H,4-5,8,10,12H2,1-3H3. The van der Waals surface area contributed by atoms with Crippen molar-refractivity contribution in [3.8, 4) is 6.07 Å². The van der Waals surface area contributed by atoms with Crippen LogP contribution in [0.1, 0.15) is 31.4 Å².